The molecule has 0 atom stereocenters. The predicted octanol–water partition coefficient (Wildman–Crippen LogP) is 3.07. The van der Waals surface area contributed by atoms with Gasteiger partial charge in [-0.1, -0.05) is 12.1 Å². The topological polar surface area (TPSA) is 134 Å². The Morgan fingerprint density at radius 2 is 1.83 bits per heavy atom. The van der Waals surface area contributed by atoms with Crippen molar-refractivity contribution < 1.29 is 9.59 Å². The average Bonchev–Trinajstić information content (AvgIpc) is 2.75. The Kier molecular flexibility index (Phi) is 6.91. The van der Waals surface area contributed by atoms with Crippen LogP contribution in [0, 0.1) is 0 Å². The van der Waals surface area contributed by atoms with Crippen LogP contribution in [0.25, 0.3) is 0 Å². The van der Waals surface area contributed by atoms with Crippen LogP contribution < -0.4 is 27.0 Å². The Morgan fingerprint density at radius 1 is 1.03 bits per heavy atom. The number of pyridine rings is 2. The average molecular weight is 405 g/mol. The van der Waals surface area contributed by atoms with Gasteiger partial charge in [-0.3, -0.25) is 15.1 Å². The molecule has 30 heavy (non-hydrogen) atoms. The van der Waals surface area contributed by atoms with Gasteiger partial charge in [-0.25, -0.2) is 9.78 Å². The van der Waals surface area contributed by atoms with Gasteiger partial charge in [-0.15, -0.1) is 0 Å². The second-order valence-electron chi connectivity index (χ2n) is 6.32. The Labute approximate surface area is 174 Å². The summed E-state index contributed by atoms with van der Waals surface area (Å²) in [6.07, 6.45) is 4.58. The molecule has 0 unspecified atom stereocenters. The van der Waals surface area contributed by atoms with Crippen LogP contribution in [0.4, 0.5) is 27.7 Å². The third-order valence-electron chi connectivity index (χ3n) is 4.12. The molecule has 9 heteroatoms. The third kappa shape index (κ3) is 5.52. The highest BCUT2D eigenvalue weighted by Crippen LogP contribution is 2.24. The molecule has 154 valence electrons. The first kappa shape index (κ1) is 20.7. The Bertz CT molecular complexity index is 1010. The van der Waals surface area contributed by atoms with Crippen LogP contribution >= 0.6 is 0 Å². The molecular weight excluding hydrogens is 382 g/mol. The predicted molar refractivity (Wildman–Crippen MR) is 117 cm³/mol. The number of hydrogen-bond donors (Lipinski definition) is 5. The Hall–Kier alpha value is -3.98. The molecule has 0 aliphatic carbocycles. The summed E-state index contributed by atoms with van der Waals surface area (Å²) >= 11 is 0. The third-order valence-corrected chi connectivity index (χ3v) is 4.12. The molecule has 6 N–H and O–H groups in total. The van der Waals surface area contributed by atoms with Crippen molar-refractivity contribution in [2.45, 2.75) is 13.5 Å². The first-order valence-corrected chi connectivity index (χ1v) is 9.41. The highest BCUT2D eigenvalue weighted by atomic mass is 16.2. The van der Waals surface area contributed by atoms with Crippen LogP contribution in [-0.4, -0.2) is 28.5 Å². The molecular formula is C21H23N7O2. The molecule has 0 saturated heterocycles. The molecule has 2 aromatic heterocycles. The number of nitrogens with two attached hydrogens (primary N) is 1. The lowest BCUT2D eigenvalue weighted by Gasteiger charge is -2.14. The summed E-state index contributed by atoms with van der Waals surface area (Å²) in [5.74, 6) is -0.0545. The zero-order valence-electron chi connectivity index (χ0n) is 16.5. The Balaban J connectivity index is 1.89. The molecule has 1 aromatic carbocycles. The molecule has 0 radical (unpaired) electrons. The molecule has 3 amide bonds. The fourth-order valence-corrected chi connectivity index (χ4v) is 2.64. The summed E-state index contributed by atoms with van der Waals surface area (Å²) < 4.78 is 0. The lowest BCUT2D eigenvalue weighted by molar-refractivity contribution is 0.102. The second-order valence-corrected chi connectivity index (χ2v) is 6.32. The first-order chi connectivity index (χ1) is 14.6. The van der Waals surface area contributed by atoms with E-state index in [4.69, 9.17) is 5.73 Å². The molecule has 9 nitrogen and oxygen atoms in total. The number of urea groups is 1. The summed E-state index contributed by atoms with van der Waals surface area (Å²) in [6.45, 7) is 2.74. The number of aromatic nitrogens is 2. The fraction of sp³-hybridized carbons (Fsp3) is 0.143. The van der Waals surface area contributed by atoms with Gasteiger partial charge < -0.3 is 21.7 Å². The van der Waals surface area contributed by atoms with E-state index >= 15 is 0 Å². The molecule has 3 aromatic rings. The maximum absolute atomic E-state index is 12.8. The lowest BCUT2D eigenvalue weighted by Crippen LogP contribution is -2.28. The smallest absolute Gasteiger partial charge is 0.320 e. The quantitative estimate of drug-likeness (QED) is 0.410. The molecule has 3 rings (SSSR count). The van der Waals surface area contributed by atoms with Crippen molar-refractivity contribution in [1.29, 1.82) is 0 Å². The lowest BCUT2D eigenvalue weighted by atomic mass is 10.1. The minimum atomic E-state index is -0.379. The first-order valence-electron chi connectivity index (χ1n) is 9.41. The highest BCUT2D eigenvalue weighted by Gasteiger charge is 2.15. The van der Waals surface area contributed by atoms with Gasteiger partial charge in [0.25, 0.3) is 5.91 Å². The number of hydrogen-bond acceptors (Lipinski definition) is 6. The van der Waals surface area contributed by atoms with Gasteiger partial charge in [0.15, 0.2) is 0 Å². The number of carbonyl (C=O) groups excluding carboxylic acids is 2. The van der Waals surface area contributed by atoms with E-state index in [0.717, 1.165) is 11.3 Å². The monoisotopic (exact) mass is 405 g/mol. The van der Waals surface area contributed by atoms with E-state index in [1.54, 1.807) is 30.6 Å². The maximum atomic E-state index is 12.8. The van der Waals surface area contributed by atoms with E-state index in [0.29, 0.717) is 35.8 Å². The van der Waals surface area contributed by atoms with E-state index < -0.39 is 0 Å². The van der Waals surface area contributed by atoms with Crippen LogP contribution in [0.5, 0.6) is 0 Å². The number of nitrogens with zero attached hydrogens (tertiary/aromatic N) is 2. The molecule has 0 aliphatic heterocycles. The van der Waals surface area contributed by atoms with Gasteiger partial charge in [0, 0.05) is 37.2 Å². The van der Waals surface area contributed by atoms with Crippen molar-refractivity contribution >= 4 is 34.8 Å². The highest BCUT2D eigenvalue weighted by molar-refractivity contribution is 6.08. The number of carbonyl (C=O) groups is 2. The van der Waals surface area contributed by atoms with Crippen molar-refractivity contribution in [2.75, 3.05) is 22.5 Å². The van der Waals surface area contributed by atoms with Gasteiger partial charge in [0.05, 0.1) is 23.1 Å². The summed E-state index contributed by atoms with van der Waals surface area (Å²) in [5, 5.41) is 11.3. The van der Waals surface area contributed by atoms with Crippen LogP contribution in [0.1, 0.15) is 22.8 Å². The minimum Gasteiger partial charge on any atom is -0.355 e. The zero-order valence-corrected chi connectivity index (χ0v) is 16.5. The maximum Gasteiger partial charge on any atom is 0.320 e. The number of nitrogens with one attached hydrogen (secondary N) is 4. The van der Waals surface area contributed by atoms with Gasteiger partial charge in [0.1, 0.15) is 5.82 Å². The van der Waals surface area contributed by atoms with E-state index in [1.165, 1.54) is 6.20 Å². The fourth-order valence-electron chi connectivity index (χ4n) is 2.64. The molecule has 0 bridgehead atoms. The van der Waals surface area contributed by atoms with Gasteiger partial charge in [-0.05, 0) is 36.8 Å². The van der Waals surface area contributed by atoms with Gasteiger partial charge in [0.2, 0.25) is 0 Å². The van der Waals surface area contributed by atoms with E-state index in [2.05, 4.69) is 31.2 Å². The molecule has 2 heterocycles. The van der Waals surface area contributed by atoms with Crippen molar-refractivity contribution in [1.82, 2.24) is 15.3 Å². The number of anilines is 4. The zero-order chi connectivity index (χ0) is 21.3. The molecule has 0 fully saturated rings. The summed E-state index contributed by atoms with van der Waals surface area (Å²) in [6, 6.07) is 12.2. The minimum absolute atomic E-state index is 0.306. The molecule has 0 saturated carbocycles. The van der Waals surface area contributed by atoms with E-state index in [-0.39, 0.29) is 11.9 Å². The van der Waals surface area contributed by atoms with E-state index in [9.17, 15) is 9.59 Å². The van der Waals surface area contributed by atoms with Crippen molar-refractivity contribution in [3.05, 3.63) is 72.2 Å². The number of rotatable bonds is 7. The van der Waals surface area contributed by atoms with Crippen molar-refractivity contribution in [3.8, 4) is 0 Å². The standard InChI is InChI=1S/C21H23N7O2/c1-2-24-21(30)28-19-10-18(26-15-7-5-14(11-22)6-8-15)17(13-25-19)20(29)27-16-4-3-9-23-12-16/h3-10,12-13H,2,11,22H2,1H3,(H,27,29)(H3,24,25,26,28,30). The van der Waals surface area contributed by atoms with E-state index in [1.807, 2.05) is 31.2 Å². The van der Waals surface area contributed by atoms with Crippen molar-refractivity contribution in [3.63, 3.8) is 0 Å². The van der Waals surface area contributed by atoms with Crippen molar-refractivity contribution in [2.24, 2.45) is 5.73 Å². The normalized spacial score (nSPS) is 10.2. The second kappa shape index (κ2) is 9.99. The van der Waals surface area contributed by atoms with Gasteiger partial charge >= 0.3 is 6.03 Å². The number of benzene rings is 1. The molecule has 0 spiro atoms. The number of amides is 3. The van der Waals surface area contributed by atoms with Crippen LogP contribution in [-0.2, 0) is 6.54 Å². The van der Waals surface area contributed by atoms with Crippen LogP contribution in [0.2, 0.25) is 0 Å². The largest absolute Gasteiger partial charge is 0.355 e. The SMILES string of the molecule is CCNC(=O)Nc1cc(Nc2ccc(CN)cc2)c(C(=O)Nc2cccnc2)cn1. The van der Waals surface area contributed by atoms with Crippen LogP contribution in [0.15, 0.2) is 61.1 Å². The Morgan fingerprint density at radius 3 is 2.50 bits per heavy atom. The van der Waals surface area contributed by atoms with Gasteiger partial charge in [-0.2, -0.15) is 0 Å². The molecule has 0 aliphatic rings. The van der Waals surface area contributed by atoms with Crippen LogP contribution in [0.3, 0.4) is 0 Å². The summed E-state index contributed by atoms with van der Waals surface area (Å²) in [4.78, 5) is 32.8. The summed E-state index contributed by atoms with van der Waals surface area (Å²) in [7, 11) is 0. The summed E-state index contributed by atoms with van der Waals surface area (Å²) in [5.41, 5.74) is 8.75.